The fourth-order valence-electron chi connectivity index (χ4n) is 2.60. The van der Waals surface area contributed by atoms with Crippen molar-refractivity contribution in [3.05, 3.63) is 59.7 Å². The molecule has 0 bridgehead atoms. The molecule has 0 atom stereocenters. The van der Waals surface area contributed by atoms with Gasteiger partial charge in [0.15, 0.2) is 5.11 Å². The summed E-state index contributed by atoms with van der Waals surface area (Å²) in [6.45, 7) is 9.29. The van der Waals surface area contributed by atoms with Gasteiger partial charge in [-0.25, -0.2) is 0 Å². The highest BCUT2D eigenvalue weighted by atomic mass is 32.1. The Labute approximate surface area is 151 Å². The monoisotopic (exact) mass is 341 g/mol. The van der Waals surface area contributed by atoms with Crippen molar-refractivity contribution >= 4 is 28.7 Å². The minimum absolute atomic E-state index is 0.728. The number of rotatable bonds is 6. The highest BCUT2D eigenvalue weighted by molar-refractivity contribution is 7.80. The van der Waals surface area contributed by atoms with Crippen LogP contribution in [0.1, 0.15) is 25.0 Å². The summed E-state index contributed by atoms with van der Waals surface area (Å²) in [5.41, 5.74) is 4.79. The first kappa shape index (κ1) is 18.3. The number of anilines is 2. The van der Waals surface area contributed by atoms with Crippen molar-refractivity contribution in [3.8, 4) is 0 Å². The third-order valence-corrected chi connectivity index (χ3v) is 4.55. The summed E-state index contributed by atoms with van der Waals surface area (Å²) in [4.78, 5) is 4.40. The molecule has 0 saturated carbocycles. The molecule has 0 radical (unpaired) electrons. The molecule has 0 fully saturated rings. The Morgan fingerprint density at radius 2 is 1.54 bits per heavy atom. The van der Waals surface area contributed by atoms with Crippen molar-refractivity contribution < 1.29 is 0 Å². The van der Waals surface area contributed by atoms with Gasteiger partial charge in [0.2, 0.25) is 0 Å². The van der Waals surface area contributed by atoms with Crippen LogP contribution in [0.25, 0.3) is 0 Å². The summed E-state index contributed by atoms with van der Waals surface area (Å²) < 4.78 is 0. The quantitative estimate of drug-likeness (QED) is 0.769. The molecule has 0 spiro atoms. The molecule has 24 heavy (non-hydrogen) atoms. The van der Waals surface area contributed by atoms with E-state index in [4.69, 9.17) is 12.2 Å². The molecule has 128 valence electrons. The number of hydrogen-bond donors (Lipinski definition) is 1. The van der Waals surface area contributed by atoms with E-state index in [0.717, 1.165) is 30.4 Å². The van der Waals surface area contributed by atoms with Crippen molar-refractivity contribution in [1.29, 1.82) is 0 Å². The van der Waals surface area contributed by atoms with Crippen LogP contribution in [0.5, 0.6) is 0 Å². The fourth-order valence-corrected chi connectivity index (χ4v) is 2.78. The number of aryl methyl sites for hydroxylation is 1. The van der Waals surface area contributed by atoms with E-state index >= 15 is 0 Å². The molecular formula is C20H27N3S. The first-order valence-corrected chi connectivity index (χ1v) is 8.87. The Morgan fingerprint density at radius 1 is 0.958 bits per heavy atom. The highest BCUT2D eigenvalue weighted by Gasteiger charge is 2.07. The molecule has 0 aliphatic heterocycles. The Kier molecular flexibility index (Phi) is 6.62. The number of benzene rings is 2. The van der Waals surface area contributed by atoms with Crippen LogP contribution in [-0.4, -0.2) is 30.1 Å². The molecule has 0 aliphatic rings. The third-order valence-electron chi connectivity index (χ3n) is 4.13. The van der Waals surface area contributed by atoms with E-state index in [0.29, 0.717) is 0 Å². The minimum Gasteiger partial charge on any atom is -0.372 e. The molecule has 0 saturated heterocycles. The zero-order valence-corrected chi connectivity index (χ0v) is 15.9. The molecule has 0 unspecified atom stereocenters. The molecule has 0 aromatic heterocycles. The second kappa shape index (κ2) is 8.69. The second-order valence-corrected chi connectivity index (χ2v) is 6.38. The molecule has 2 aromatic rings. The standard InChI is InChI=1S/C20H27N3S/c1-5-23(6-2)19-13-9-17(10-14-19)15-22(4)20(24)21-18-11-7-16(3)8-12-18/h7-14H,5-6,15H2,1-4H3,(H,21,24). The lowest BCUT2D eigenvalue weighted by Crippen LogP contribution is -2.30. The van der Waals surface area contributed by atoms with E-state index in [1.165, 1.54) is 16.8 Å². The molecular weight excluding hydrogens is 314 g/mol. The predicted molar refractivity (Wildman–Crippen MR) is 109 cm³/mol. The largest absolute Gasteiger partial charge is 0.372 e. The van der Waals surface area contributed by atoms with E-state index in [2.05, 4.69) is 72.3 Å². The van der Waals surface area contributed by atoms with Crippen LogP contribution in [-0.2, 0) is 6.54 Å². The molecule has 0 heterocycles. The molecule has 2 rings (SSSR count). The molecule has 4 heteroatoms. The Hall–Kier alpha value is -2.07. The summed E-state index contributed by atoms with van der Waals surface area (Å²) in [7, 11) is 2.02. The van der Waals surface area contributed by atoms with Gasteiger partial charge in [0.05, 0.1) is 0 Å². The topological polar surface area (TPSA) is 18.5 Å². The van der Waals surface area contributed by atoms with Gasteiger partial charge in [0.25, 0.3) is 0 Å². The third kappa shape index (κ3) is 4.96. The number of hydrogen-bond acceptors (Lipinski definition) is 2. The van der Waals surface area contributed by atoms with Crippen LogP contribution in [0.2, 0.25) is 0 Å². The van der Waals surface area contributed by atoms with Crippen molar-refractivity contribution in [2.45, 2.75) is 27.3 Å². The zero-order valence-electron chi connectivity index (χ0n) is 15.0. The van der Waals surface area contributed by atoms with Crippen LogP contribution < -0.4 is 10.2 Å². The molecule has 0 amide bonds. The normalized spacial score (nSPS) is 10.3. The Morgan fingerprint density at radius 3 is 2.08 bits per heavy atom. The van der Waals surface area contributed by atoms with Crippen LogP contribution in [0, 0.1) is 6.92 Å². The summed E-state index contributed by atoms with van der Waals surface area (Å²) in [5, 5.41) is 4.01. The van der Waals surface area contributed by atoms with Gasteiger partial charge in [0.1, 0.15) is 0 Å². The number of thiocarbonyl (C=S) groups is 1. The Balaban J connectivity index is 1.94. The predicted octanol–water partition coefficient (Wildman–Crippen LogP) is 4.67. The molecule has 0 aliphatic carbocycles. The Bertz CT molecular complexity index is 646. The van der Waals surface area contributed by atoms with Crippen LogP contribution in [0.4, 0.5) is 11.4 Å². The average molecular weight is 342 g/mol. The van der Waals surface area contributed by atoms with Crippen molar-refractivity contribution in [2.75, 3.05) is 30.4 Å². The summed E-state index contributed by atoms with van der Waals surface area (Å²) in [5.74, 6) is 0. The van der Waals surface area contributed by atoms with Gasteiger partial charge in [-0.15, -0.1) is 0 Å². The van der Waals surface area contributed by atoms with E-state index in [1.807, 2.05) is 19.2 Å². The lowest BCUT2D eigenvalue weighted by Gasteiger charge is -2.23. The van der Waals surface area contributed by atoms with Gasteiger partial charge in [-0.1, -0.05) is 29.8 Å². The maximum atomic E-state index is 5.50. The lowest BCUT2D eigenvalue weighted by molar-refractivity contribution is 0.508. The SMILES string of the molecule is CCN(CC)c1ccc(CN(C)C(=S)Nc2ccc(C)cc2)cc1. The number of nitrogens with one attached hydrogen (secondary N) is 1. The first-order valence-electron chi connectivity index (χ1n) is 8.46. The van der Waals surface area contributed by atoms with Crippen molar-refractivity contribution in [2.24, 2.45) is 0 Å². The van der Waals surface area contributed by atoms with Gasteiger partial charge in [-0.05, 0) is 62.8 Å². The van der Waals surface area contributed by atoms with Gasteiger partial charge < -0.3 is 15.1 Å². The van der Waals surface area contributed by atoms with E-state index < -0.39 is 0 Å². The van der Waals surface area contributed by atoms with Crippen LogP contribution in [0.15, 0.2) is 48.5 Å². The van der Waals surface area contributed by atoms with Gasteiger partial charge in [-0.3, -0.25) is 0 Å². The summed E-state index contributed by atoms with van der Waals surface area (Å²) in [6, 6.07) is 17.0. The molecule has 2 aromatic carbocycles. The van der Waals surface area contributed by atoms with Gasteiger partial charge in [0, 0.05) is 38.1 Å². The molecule has 1 N–H and O–H groups in total. The summed E-state index contributed by atoms with van der Waals surface area (Å²) >= 11 is 5.50. The smallest absolute Gasteiger partial charge is 0.173 e. The zero-order chi connectivity index (χ0) is 17.5. The fraction of sp³-hybridized carbons (Fsp3) is 0.350. The maximum Gasteiger partial charge on any atom is 0.173 e. The van der Waals surface area contributed by atoms with Crippen molar-refractivity contribution in [3.63, 3.8) is 0 Å². The van der Waals surface area contributed by atoms with E-state index in [9.17, 15) is 0 Å². The lowest BCUT2D eigenvalue weighted by atomic mass is 10.2. The second-order valence-electron chi connectivity index (χ2n) is 5.99. The van der Waals surface area contributed by atoms with E-state index in [1.54, 1.807) is 0 Å². The number of nitrogens with zero attached hydrogens (tertiary/aromatic N) is 2. The average Bonchev–Trinajstić information content (AvgIpc) is 2.59. The van der Waals surface area contributed by atoms with Gasteiger partial charge >= 0.3 is 0 Å². The summed E-state index contributed by atoms with van der Waals surface area (Å²) in [6.07, 6.45) is 0. The van der Waals surface area contributed by atoms with Crippen molar-refractivity contribution in [1.82, 2.24) is 4.90 Å². The minimum atomic E-state index is 0.728. The highest BCUT2D eigenvalue weighted by Crippen LogP contribution is 2.16. The maximum absolute atomic E-state index is 5.50. The van der Waals surface area contributed by atoms with Gasteiger partial charge in [-0.2, -0.15) is 0 Å². The molecule has 3 nitrogen and oxygen atoms in total. The van der Waals surface area contributed by atoms with Crippen LogP contribution in [0.3, 0.4) is 0 Å². The van der Waals surface area contributed by atoms with E-state index in [-0.39, 0.29) is 0 Å². The van der Waals surface area contributed by atoms with Crippen LogP contribution >= 0.6 is 12.2 Å². The first-order chi connectivity index (χ1) is 11.5.